The highest BCUT2D eigenvalue weighted by atomic mass is 16.4. The molecule has 18 heavy (non-hydrogen) atoms. The zero-order valence-electron chi connectivity index (χ0n) is 10.3. The molecule has 1 rings (SSSR count). The number of carbonyl (C=O) groups is 2. The lowest BCUT2D eigenvalue weighted by molar-refractivity contribution is -0.147. The minimum atomic E-state index is -1.39. The van der Waals surface area contributed by atoms with E-state index in [1.54, 1.807) is 0 Å². The largest absolute Gasteiger partial charge is 0.508 e. The first-order valence-corrected chi connectivity index (χ1v) is 5.21. The van der Waals surface area contributed by atoms with Crippen LogP contribution in [0.5, 0.6) is 11.5 Å². The molecule has 6 nitrogen and oxygen atoms in total. The van der Waals surface area contributed by atoms with Crippen molar-refractivity contribution < 1.29 is 24.9 Å². The third-order valence-electron chi connectivity index (χ3n) is 2.82. The summed E-state index contributed by atoms with van der Waals surface area (Å²) >= 11 is 0. The molecule has 0 bridgehead atoms. The maximum Gasteiger partial charge on any atom is 0.329 e. The van der Waals surface area contributed by atoms with Crippen molar-refractivity contribution in [3.63, 3.8) is 0 Å². The van der Waals surface area contributed by atoms with Crippen molar-refractivity contribution in [3.05, 3.63) is 23.8 Å². The Morgan fingerprint density at radius 1 is 1.11 bits per heavy atom. The number of aromatic hydroxyl groups is 2. The molecular weight excluding hydrogens is 238 g/mol. The molecular formula is C12H15NO5. The summed E-state index contributed by atoms with van der Waals surface area (Å²) in [5, 5.41) is 27.6. The molecule has 0 aromatic heterocycles. The summed E-state index contributed by atoms with van der Waals surface area (Å²) in [5.74, 6) is -2.28. The molecule has 98 valence electrons. The van der Waals surface area contributed by atoms with Gasteiger partial charge in [-0.2, -0.15) is 0 Å². The average molecular weight is 253 g/mol. The Morgan fingerprint density at radius 2 is 1.56 bits per heavy atom. The molecule has 0 saturated heterocycles. The van der Waals surface area contributed by atoms with E-state index in [1.807, 2.05) is 0 Å². The SMILES string of the molecule is CN(C(=O)c1cc(O)cc(O)c1)C(C)(C)C(=O)O. The maximum absolute atomic E-state index is 12.0. The van der Waals surface area contributed by atoms with E-state index < -0.39 is 17.4 Å². The normalized spacial score (nSPS) is 11.1. The van der Waals surface area contributed by atoms with Crippen molar-refractivity contribution >= 4 is 11.9 Å². The Hall–Kier alpha value is -2.24. The van der Waals surface area contributed by atoms with Crippen molar-refractivity contribution in [2.75, 3.05) is 7.05 Å². The molecule has 0 aliphatic heterocycles. The molecule has 3 N–H and O–H groups in total. The number of hydrogen-bond acceptors (Lipinski definition) is 4. The number of nitrogens with zero attached hydrogens (tertiary/aromatic N) is 1. The molecule has 0 heterocycles. The molecule has 0 fully saturated rings. The second-order valence-electron chi connectivity index (χ2n) is 4.47. The Kier molecular flexibility index (Phi) is 3.50. The molecule has 1 amide bonds. The Bertz CT molecular complexity index is 475. The van der Waals surface area contributed by atoms with Gasteiger partial charge in [-0.1, -0.05) is 0 Å². The molecule has 1 aromatic carbocycles. The molecule has 0 radical (unpaired) electrons. The van der Waals surface area contributed by atoms with Crippen molar-refractivity contribution in [2.45, 2.75) is 19.4 Å². The summed E-state index contributed by atoms with van der Waals surface area (Å²) in [4.78, 5) is 24.1. The predicted molar refractivity (Wildman–Crippen MR) is 63.6 cm³/mol. The number of carboxylic acid groups (broad SMARTS) is 1. The number of likely N-dealkylation sites (N-methyl/N-ethyl adjacent to an activating group) is 1. The quantitative estimate of drug-likeness (QED) is 0.747. The number of phenols is 2. The molecule has 1 aromatic rings. The number of phenolic OH excluding ortho intramolecular Hbond substituents is 2. The predicted octanol–water partition coefficient (Wildman–Crippen LogP) is 1.03. The van der Waals surface area contributed by atoms with Gasteiger partial charge in [-0.05, 0) is 26.0 Å². The average Bonchev–Trinajstić information content (AvgIpc) is 2.25. The van der Waals surface area contributed by atoms with Crippen LogP contribution in [0.25, 0.3) is 0 Å². The molecule has 6 heteroatoms. The van der Waals surface area contributed by atoms with Crippen molar-refractivity contribution in [3.8, 4) is 11.5 Å². The second-order valence-corrected chi connectivity index (χ2v) is 4.47. The van der Waals surface area contributed by atoms with Gasteiger partial charge >= 0.3 is 5.97 Å². The van der Waals surface area contributed by atoms with Crippen LogP contribution in [0.1, 0.15) is 24.2 Å². The highest BCUT2D eigenvalue weighted by molar-refractivity contribution is 5.98. The lowest BCUT2D eigenvalue weighted by Crippen LogP contribution is -2.50. The fraction of sp³-hybridized carbons (Fsp3) is 0.333. The van der Waals surface area contributed by atoms with E-state index in [-0.39, 0.29) is 17.1 Å². The van der Waals surface area contributed by atoms with Gasteiger partial charge in [0.25, 0.3) is 5.91 Å². The van der Waals surface area contributed by atoms with Gasteiger partial charge in [0, 0.05) is 18.7 Å². The molecule has 0 unspecified atom stereocenters. The number of carbonyl (C=O) groups excluding carboxylic acids is 1. The molecule has 0 saturated carbocycles. The van der Waals surface area contributed by atoms with Crippen LogP contribution in [-0.4, -0.2) is 44.7 Å². The van der Waals surface area contributed by atoms with Crippen molar-refractivity contribution in [2.24, 2.45) is 0 Å². The van der Waals surface area contributed by atoms with Crippen LogP contribution in [0.2, 0.25) is 0 Å². The maximum atomic E-state index is 12.0. The first kappa shape index (κ1) is 13.8. The third kappa shape index (κ3) is 2.53. The van der Waals surface area contributed by atoms with Crippen LogP contribution >= 0.6 is 0 Å². The van der Waals surface area contributed by atoms with Gasteiger partial charge in [-0.3, -0.25) is 4.79 Å². The smallest absolute Gasteiger partial charge is 0.329 e. The molecule has 0 atom stereocenters. The summed E-state index contributed by atoms with van der Waals surface area (Å²) in [5.41, 5.74) is -1.37. The zero-order chi connectivity index (χ0) is 14.1. The Balaban J connectivity index is 3.11. The van der Waals surface area contributed by atoms with E-state index in [0.717, 1.165) is 23.1 Å². The first-order valence-electron chi connectivity index (χ1n) is 5.21. The minimum absolute atomic E-state index is 0.0179. The first-order chi connectivity index (χ1) is 8.16. The topological polar surface area (TPSA) is 98.1 Å². The second kappa shape index (κ2) is 4.56. The Morgan fingerprint density at radius 3 is 1.94 bits per heavy atom. The van der Waals surface area contributed by atoms with E-state index in [9.17, 15) is 19.8 Å². The summed E-state index contributed by atoms with van der Waals surface area (Å²) in [6.45, 7) is 2.77. The van der Waals surface area contributed by atoms with Crippen molar-refractivity contribution in [1.82, 2.24) is 4.90 Å². The molecule has 0 aliphatic rings. The van der Waals surface area contributed by atoms with Crippen LogP contribution < -0.4 is 0 Å². The number of amides is 1. The molecule has 0 aliphatic carbocycles. The highest BCUT2D eigenvalue weighted by Gasteiger charge is 2.35. The summed E-state index contributed by atoms with van der Waals surface area (Å²) in [6, 6.07) is 3.41. The monoisotopic (exact) mass is 253 g/mol. The van der Waals surface area contributed by atoms with Crippen LogP contribution in [0.4, 0.5) is 0 Å². The lowest BCUT2D eigenvalue weighted by atomic mass is 10.0. The van der Waals surface area contributed by atoms with Crippen LogP contribution in [0.3, 0.4) is 0 Å². The lowest BCUT2D eigenvalue weighted by Gasteiger charge is -2.31. The minimum Gasteiger partial charge on any atom is -0.508 e. The van der Waals surface area contributed by atoms with E-state index in [4.69, 9.17) is 5.11 Å². The van der Waals surface area contributed by atoms with Gasteiger partial charge in [-0.25, -0.2) is 4.79 Å². The Labute approximate surface area is 104 Å². The van der Waals surface area contributed by atoms with Gasteiger partial charge in [0.05, 0.1) is 0 Å². The number of aliphatic carboxylic acids is 1. The summed E-state index contributed by atoms with van der Waals surface area (Å²) in [7, 11) is 1.34. The standard InChI is InChI=1S/C12H15NO5/c1-12(2,11(17)18)13(3)10(16)7-4-8(14)6-9(15)5-7/h4-6,14-15H,1-3H3,(H,17,18). The van der Waals surface area contributed by atoms with Gasteiger partial charge in [0.2, 0.25) is 0 Å². The van der Waals surface area contributed by atoms with Gasteiger partial charge in [0.1, 0.15) is 17.0 Å². The zero-order valence-corrected chi connectivity index (χ0v) is 10.3. The summed E-state index contributed by atoms with van der Waals surface area (Å²) < 4.78 is 0. The number of benzene rings is 1. The summed E-state index contributed by atoms with van der Waals surface area (Å²) in [6.07, 6.45) is 0. The molecule has 0 spiro atoms. The van der Waals surface area contributed by atoms with Gasteiger partial charge < -0.3 is 20.2 Å². The van der Waals surface area contributed by atoms with E-state index in [1.165, 1.54) is 20.9 Å². The van der Waals surface area contributed by atoms with Crippen LogP contribution in [-0.2, 0) is 4.79 Å². The fourth-order valence-electron chi connectivity index (χ4n) is 1.31. The number of hydrogen-bond donors (Lipinski definition) is 3. The van der Waals surface area contributed by atoms with Crippen molar-refractivity contribution in [1.29, 1.82) is 0 Å². The highest BCUT2D eigenvalue weighted by Crippen LogP contribution is 2.23. The van der Waals surface area contributed by atoms with Crippen LogP contribution in [0.15, 0.2) is 18.2 Å². The fourth-order valence-corrected chi connectivity index (χ4v) is 1.31. The van der Waals surface area contributed by atoms with E-state index in [2.05, 4.69) is 0 Å². The van der Waals surface area contributed by atoms with Gasteiger partial charge in [0.15, 0.2) is 0 Å². The van der Waals surface area contributed by atoms with E-state index >= 15 is 0 Å². The number of carboxylic acids is 1. The van der Waals surface area contributed by atoms with Crippen LogP contribution in [0, 0.1) is 0 Å². The van der Waals surface area contributed by atoms with Gasteiger partial charge in [-0.15, -0.1) is 0 Å². The third-order valence-corrected chi connectivity index (χ3v) is 2.82. The van der Waals surface area contributed by atoms with E-state index in [0.29, 0.717) is 0 Å². The number of rotatable bonds is 3.